The van der Waals surface area contributed by atoms with Gasteiger partial charge in [-0.3, -0.25) is 24.0 Å². The molecule has 22 heteroatoms. The van der Waals surface area contributed by atoms with Crippen molar-refractivity contribution in [2.24, 2.45) is 5.73 Å². The van der Waals surface area contributed by atoms with Gasteiger partial charge in [0.1, 0.15) is 30.3 Å². The summed E-state index contributed by atoms with van der Waals surface area (Å²) in [7, 11) is 0. The van der Waals surface area contributed by atoms with Gasteiger partial charge in [0, 0.05) is 34.6 Å². The van der Waals surface area contributed by atoms with Crippen LogP contribution in [0.3, 0.4) is 0 Å². The molecule has 0 aromatic rings. The highest BCUT2D eigenvalue weighted by atomic mass is 16.7. The number of hydrogen-bond donors (Lipinski definition) is 10. The van der Waals surface area contributed by atoms with Crippen molar-refractivity contribution in [1.29, 1.82) is 0 Å². The van der Waals surface area contributed by atoms with Gasteiger partial charge in [-0.1, -0.05) is 0 Å². The minimum atomic E-state index is -2.10. The molecule has 0 saturated carbocycles. The predicted octanol–water partition coefficient (Wildman–Crippen LogP) is -5.68. The van der Waals surface area contributed by atoms with E-state index in [-0.39, 0.29) is 0 Å². The highest BCUT2D eigenvalue weighted by molar-refractivity contribution is 5.78. The first kappa shape index (κ1) is 40.4. The van der Waals surface area contributed by atoms with E-state index in [1.165, 1.54) is 6.92 Å². The monoisotopic (exact) mass is 720 g/mol. The largest absolute Gasteiger partial charge is 0.479 e. The van der Waals surface area contributed by atoms with E-state index in [1.807, 2.05) is 0 Å². The average molecular weight is 721 g/mol. The number of aliphatic carboxylic acids is 2. The third kappa shape index (κ3) is 9.60. The number of aliphatic hydroxyl groups is 2. The van der Waals surface area contributed by atoms with Gasteiger partial charge in [-0.25, -0.2) is 9.59 Å². The quantitative estimate of drug-likeness (QED) is 0.0950. The number of hydrogen-bond acceptors (Lipinski definition) is 15. The summed E-state index contributed by atoms with van der Waals surface area (Å²) in [4.78, 5) is 86.4. The molecule has 22 nitrogen and oxygen atoms in total. The highest BCUT2D eigenvalue weighted by Gasteiger charge is 2.57. The molecule has 3 saturated heterocycles. The summed E-state index contributed by atoms with van der Waals surface area (Å²) in [5, 5.41) is 53.9. The van der Waals surface area contributed by atoms with Gasteiger partial charge in [0.25, 0.3) is 0 Å². The Morgan fingerprint density at radius 2 is 0.920 bits per heavy atom. The predicted molar refractivity (Wildman–Crippen MR) is 161 cm³/mol. The Bertz CT molecular complexity index is 1320. The van der Waals surface area contributed by atoms with Crippen LogP contribution in [0.1, 0.15) is 41.5 Å². The maximum Gasteiger partial charge on any atom is 0.335 e. The lowest BCUT2D eigenvalue weighted by Crippen LogP contribution is -2.75. The van der Waals surface area contributed by atoms with Crippen molar-refractivity contribution in [3.05, 3.63) is 0 Å². The fraction of sp³-hybridized carbons (Fsp3) is 0.750. The Kier molecular flexibility index (Phi) is 13.6. The van der Waals surface area contributed by atoms with E-state index in [1.54, 1.807) is 0 Å². The van der Waals surface area contributed by atoms with Crippen molar-refractivity contribution < 1.29 is 77.7 Å². The first-order valence-corrected chi connectivity index (χ1v) is 15.4. The summed E-state index contributed by atoms with van der Waals surface area (Å²) in [6, 6.07) is -8.61. The maximum absolute atomic E-state index is 12.7. The molecule has 282 valence electrons. The van der Waals surface area contributed by atoms with Crippen LogP contribution in [0.5, 0.6) is 0 Å². The van der Waals surface area contributed by atoms with E-state index >= 15 is 0 Å². The third-order valence-corrected chi connectivity index (χ3v) is 8.11. The molecule has 11 N–H and O–H groups in total. The fourth-order valence-corrected chi connectivity index (χ4v) is 6.06. The van der Waals surface area contributed by atoms with E-state index < -0.39 is 133 Å². The zero-order valence-electron chi connectivity index (χ0n) is 27.9. The van der Waals surface area contributed by atoms with Crippen LogP contribution in [0.4, 0.5) is 0 Å². The zero-order valence-corrected chi connectivity index (χ0v) is 27.9. The lowest BCUT2D eigenvalue weighted by atomic mass is 9.90. The molecule has 3 rings (SSSR count). The molecule has 0 bridgehead atoms. The Morgan fingerprint density at radius 1 is 0.560 bits per heavy atom. The first-order valence-electron chi connectivity index (χ1n) is 15.4. The van der Waals surface area contributed by atoms with E-state index in [0.29, 0.717) is 0 Å². The molecule has 3 aliphatic heterocycles. The van der Waals surface area contributed by atoms with Crippen molar-refractivity contribution in [3.63, 3.8) is 0 Å². The third-order valence-electron chi connectivity index (χ3n) is 8.11. The lowest BCUT2D eigenvalue weighted by molar-refractivity contribution is -0.319. The number of rotatable bonds is 11. The lowest BCUT2D eigenvalue weighted by Gasteiger charge is -2.50. The summed E-state index contributed by atoms with van der Waals surface area (Å²) in [6.07, 6.45) is -15.7. The van der Waals surface area contributed by atoms with Crippen LogP contribution in [-0.2, 0) is 57.2 Å². The van der Waals surface area contributed by atoms with Gasteiger partial charge in [-0.05, 0) is 6.92 Å². The summed E-state index contributed by atoms with van der Waals surface area (Å²) in [5.74, 6) is -7.07. The maximum atomic E-state index is 12.7. The van der Waals surface area contributed by atoms with Crippen LogP contribution in [0.2, 0.25) is 0 Å². The second-order valence-corrected chi connectivity index (χ2v) is 12.2. The molecule has 15 atom stereocenters. The molecule has 5 amide bonds. The van der Waals surface area contributed by atoms with Gasteiger partial charge in [0.15, 0.2) is 31.1 Å². The smallest absolute Gasteiger partial charge is 0.335 e. The van der Waals surface area contributed by atoms with E-state index in [4.69, 9.17) is 29.4 Å². The fourth-order valence-electron chi connectivity index (χ4n) is 6.06. The minimum Gasteiger partial charge on any atom is -0.479 e. The molecular formula is C28H44N6O16. The number of carbonyl (C=O) groups excluding carboxylic acids is 5. The van der Waals surface area contributed by atoms with Crippen LogP contribution < -0.4 is 32.3 Å². The van der Waals surface area contributed by atoms with Crippen LogP contribution in [0, 0.1) is 0 Å². The molecule has 3 fully saturated rings. The Hall–Kier alpha value is -4.03. The normalized spacial score (nSPS) is 38.5. The van der Waals surface area contributed by atoms with E-state index in [0.717, 1.165) is 34.6 Å². The average Bonchev–Trinajstić information content (AvgIpc) is 2.98. The van der Waals surface area contributed by atoms with Gasteiger partial charge in [0.2, 0.25) is 29.5 Å². The van der Waals surface area contributed by atoms with E-state index in [9.17, 15) is 54.0 Å². The zero-order chi connectivity index (χ0) is 37.8. The number of carboxylic acids is 2. The van der Waals surface area contributed by atoms with Crippen LogP contribution >= 0.6 is 0 Å². The molecular weight excluding hydrogens is 676 g/mol. The standard InChI is InChI=1S/C28H44N6O16/c1-7-13(29)19(40)18(34-12(6)39)28(46-7)49-21-15(31-9(3)36)17(33-11(5)38)27(50-23(21)25(43)44)48-20-14(30-8(2)35)16(32-10(4)37)26(45)47-22(20)24(41)42/h7,13-23,26-28,40,45H,29H2,1-6H3,(H,30,35)(H,31,36)(H,32,37)(H,33,38)(H,34,39)(H,41,42)(H,43,44)/t7-,13-,14-,15-,16-,17+,18-,19+,20+,21+,22+,23+,26?,27-,28-/m1/s1. The van der Waals surface area contributed by atoms with Crippen LogP contribution in [0.25, 0.3) is 0 Å². The Morgan fingerprint density at radius 3 is 1.36 bits per heavy atom. The first-order chi connectivity index (χ1) is 23.2. The molecule has 0 aliphatic carbocycles. The van der Waals surface area contributed by atoms with Crippen molar-refractivity contribution in [2.45, 2.75) is 133 Å². The Labute approximate surface area is 285 Å². The van der Waals surface area contributed by atoms with Crippen molar-refractivity contribution >= 4 is 41.5 Å². The van der Waals surface area contributed by atoms with Gasteiger partial charge >= 0.3 is 11.9 Å². The van der Waals surface area contributed by atoms with E-state index in [2.05, 4.69) is 26.6 Å². The van der Waals surface area contributed by atoms with Crippen molar-refractivity contribution in [2.75, 3.05) is 0 Å². The minimum absolute atomic E-state index is 0.634. The van der Waals surface area contributed by atoms with Crippen LogP contribution in [-0.4, -0.2) is 154 Å². The number of nitrogens with one attached hydrogen (secondary N) is 5. The molecule has 3 aliphatic rings. The molecule has 50 heavy (non-hydrogen) atoms. The number of ether oxygens (including phenoxy) is 5. The van der Waals surface area contributed by atoms with Gasteiger partial charge in [0.05, 0.1) is 30.3 Å². The Balaban J connectivity index is 2.13. The number of carboxylic acid groups (broad SMARTS) is 2. The number of aliphatic hydroxyl groups excluding tert-OH is 2. The second-order valence-electron chi connectivity index (χ2n) is 12.2. The summed E-state index contributed by atoms with van der Waals surface area (Å²) in [5.41, 5.74) is 6.02. The SMILES string of the molecule is CC(=O)N[C@@H]1[C@H](O[C@H]2[C@H](NC(C)=O)[C@@H](NC(C)=O)C(O)O[C@@H]2C(=O)O)O[C@H](C(=O)O)[C@@H](O[C@H]2O[C@H](C)[C@@H](N)[C@H](O)[C@H]2NC(C)=O)[C@@H]1NC(C)=O. The number of carbonyl (C=O) groups is 7. The van der Waals surface area contributed by atoms with Gasteiger partial charge in [-0.15, -0.1) is 0 Å². The van der Waals surface area contributed by atoms with Gasteiger partial charge < -0.3 is 76.4 Å². The van der Waals surface area contributed by atoms with Crippen molar-refractivity contribution in [3.8, 4) is 0 Å². The second kappa shape index (κ2) is 16.8. The molecule has 0 radical (unpaired) electrons. The van der Waals surface area contributed by atoms with Crippen molar-refractivity contribution in [1.82, 2.24) is 26.6 Å². The topological polar surface area (TPSA) is 333 Å². The number of amides is 5. The van der Waals surface area contributed by atoms with Crippen LogP contribution in [0.15, 0.2) is 0 Å². The van der Waals surface area contributed by atoms with Gasteiger partial charge in [-0.2, -0.15) is 0 Å². The summed E-state index contributed by atoms with van der Waals surface area (Å²) in [6.45, 7) is 6.87. The molecule has 0 spiro atoms. The highest BCUT2D eigenvalue weighted by Crippen LogP contribution is 2.33. The molecule has 0 aromatic carbocycles. The summed E-state index contributed by atoms with van der Waals surface area (Å²) < 4.78 is 28.9. The summed E-state index contributed by atoms with van der Waals surface area (Å²) >= 11 is 0. The molecule has 1 unspecified atom stereocenters. The molecule has 3 heterocycles. The number of nitrogens with two attached hydrogens (primary N) is 1. The molecule has 0 aromatic heterocycles.